The molecule has 2 aliphatic heterocycles. The summed E-state index contributed by atoms with van der Waals surface area (Å²) in [6.07, 6.45) is 3.43. The van der Waals surface area contributed by atoms with Crippen LogP contribution in [0.15, 0.2) is 29.3 Å². The highest BCUT2D eigenvalue weighted by molar-refractivity contribution is 7.11. The number of nitrogens with zero attached hydrogens (tertiary/aromatic N) is 3. The smallest absolute Gasteiger partial charge is 0.135 e. The number of aromatic nitrogens is 1. The topological polar surface area (TPSA) is 81.9 Å². The number of methoxy groups -OCH3 is 2. The molecule has 31 heavy (non-hydrogen) atoms. The van der Waals surface area contributed by atoms with E-state index in [0.717, 1.165) is 36.5 Å². The van der Waals surface area contributed by atoms with Crippen LogP contribution in [0.2, 0.25) is 0 Å². The maximum Gasteiger partial charge on any atom is 0.135 e. The van der Waals surface area contributed by atoms with Crippen LogP contribution in [0.25, 0.3) is 16.8 Å². The van der Waals surface area contributed by atoms with Gasteiger partial charge >= 0.3 is 0 Å². The molecule has 1 aromatic heterocycles. The first-order valence-corrected chi connectivity index (χ1v) is 11.5. The summed E-state index contributed by atoms with van der Waals surface area (Å²) in [5.74, 6) is 2.00. The number of aliphatic hydroxyl groups is 1. The minimum atomic E-state index is -0.215. The van der Waals surface area contributed by atoms with Crippen LogP contribution in [0.3, 0.4) is 0 Å². The van der Waals surface area contributed by atoms with E-state index in [-0.39, 0.29) is 11.8 Å². The van der Waals surface area contributed by atoms with Crippen molar-refractivity contribution in [1.82, 2.24) is 14.8 Å². The van der Waals surface area contributed by atoms with Crippen molar-refractivity contribution >= 4 is 22.7 Å². The highest BCUT2D eigenvalue weighted by Crippen LogP contribution is 2.38. The van der Waals surface area contributed by atoms with Crippen molar-refractivity contribution in [2.45, 2.75) is 38.3 Å². The van der Waals surface area contributed by atoms with E-state index in [1.54, 1.807) is 14.2 Å². The van der Waals surface area contributed by atoms with Gasteiger partial charge in [-0.1, -0.05) is 0 Å². The molecule has 4 rings (SSSR count). The molecule has 1 aromatic carbocycles. The monoisotopic (exact) mass is 442 g/mol. The zero-order chi connectivity index (χ0) is 22.1. The van der Waals surface area contributed by atoms with Gasteiger partial charge in [-0.2, -0.15) is 0 Å². The summed E-state index contributed by atoms with van der Waals surface area (Å²) < 4.78 is 10.8. The quantitative estimate of drug-likeness (QED) is 0.667. The Kier molecular flexibility index (Phi) is 6.20. The van der Waals surface area contributed by atoms with Gasteiger partial charge in [-0.3, -0.25) is 5.41 Å². The molecular formula is C23H30N4O3S. The third-order valence-corrected chi connectivity index (χ3v) is 7.28. The van der Waals surface area contributed by atoms with Crippen LogP contribution in [0.5, 0.6) is 11.5 Å². The number of likely N-dealkylation sites (tertiary alicyclic amines) is 1. The number of nitrogens with one attached hydrogen (secondary N) is 1. The summed E-state index contributed by atoms with van der Waals surface area (Å²) in [5.41, 5.74) is 2.09. The standard InChI is InChI=1S/C23H30N4O3S/c1-14-21(28)20(22(24)27(14)11-9-15-6-5-10-26(15)2)23-25-18(13-31-23)17-12-16(29-3)7-8-19(17)30-4/h7-8,12-15,24,28H,5-6,9-11H2,1-4H3/t14-,15+/m1/s1. The molecule has 8 heteroatoms. The van der Waals surface area contributed by atoms with Gasteiger partial charge in [0.2, 0.25) is 0 Å². The van der Waals surface area contributed by atoms with E-state index >= 15 is 0 Å². The molecule has 2 aromatic rings. The third-order valence-electron chi connectivity index (χ3n) is 6.42. The Bertz CT molecular complexity index is 1000. The number of amidine groups is 1. The second-order valence-corrected chi connectivity index (χ2v) is 9.01. The molecule has 0 amide bonds. The lowest BCUT2D eigenvalue weighted by Crippen LogP contribution is -2.37. The van der Waals surface area contributed by atoms with Crippen LogP contribution in [0.4, 0.5) is 0 Å². The number of aliphatic hydroxyl groups excluding tert-OH is 1. The van der Waals surface area contributed by atoms with Crippen molar-refractivity contribution < 1.29 is 14.6 Å². The van der Waals surface area contributed by atoms with Gasteiger partial charge < -0.3 is 24.4 Å². The number of ether oxygens (including phenoxy) is 2. The normalized spacial score (nSPS) is 21.9. The van der Waals surface area contributed by atoms with Crippen LogP contribution in [-0.4, -0.2) is 72.2 Å². The number of benzene rings is 1. The molecule has 2 atom stereocenters. The van der Waals surface area contributed by atoms with Crippen LogP contribution in [-0.2, 0) is 0 Å². The van der Waals surface area contributed by atoms with Crippen molar-refractivity contribution in [3.8, 4) is 22.8 Å². The summed E-state index contributed by atoms with van der Waals surface area (Å²) in [5, 5.41) is 22.2. The summed E-state index contributed by atoms with van der Waals surface area (Å²) in [4.78, 5) is 9.14. The van der Waals surface area contributed by atoms with Gasteiger partial charge in [0.05, 0.1) is 31.5 Å². The van der Waals surface area contributed by atoms with Crippen LogP contribution >= 0.6 is 11.3 Å². The average molecular weight is 443 g/mol. The predicted molar refractivity (Wildman–Crippen MR) is 124 cm³/mol. The Hall–Kier alpha value is -2.58. The van der Waals surface area contributed by atoms with E-state index < -0.39 is 0 Å². The Morgan fingerprint density at radius 3 is 2.77 bits per heavy atom. The van der Waals surface area contributed by atoms with Crippen LogP contribution in [0.1, 0.15) is 31.2 Å². The molecule has 2 aliphatic rings. The molecule has 0 unspecified atom stereocenters. The summed E-state index contributed by atoms with van der Waals surface area (Å²) in [6.45, 7) is 3.85. The van der Waals surface area contributed by atoms with E-state index in [2.05, 4.69) is 11.9 Å². The van der Waals surface area contributed by atoms with E-state index in [0.29, 0.717) is 28.2 Å². The lowest BCUT2D eigenvalue weighted by molar-refractivity contribution is 0.242. The number of rotatable bonds is 7. The van der Waals surface area contributed by atoms with Crippen molar-refractivity contribution in [3.05, 3.63) is 34.3 Å². The first-order valence-electron chi connectivity index (χ1n) is 10.6. The van der Waals surface area contributed by atoms with Gasteiger partial charge in [-0.05, 0) is 58.0 Å². The SMILES string of the molecule is COc1ccc(OC)c(-c2csc(C3=C(O)[C@@H](C)N(CC[C@@H]4CCCN4C)C3=N)n2)c1. The first kappa shape index (κ1) is 21.6. The fourth-order valence-electron chi connectivity index (χ4n) is 4.49. The van der Waals surface area contributed by atoms with Gasteiger partial charge in [0.25, 0.3) is 0 Å². The van der Waals surface area contributed by atoms with Gasteiger partial charge in [0.15, 0.2) is 0 Å². The Morgan fingerprint density at radius 2 is 2.10 bits per heavy atom. The molecule has 0 bridgehead atoms. The van der Waals surface area contributed by atoms with Crippen molar-refractivity contribution in [1.29, 1.82) is 5.41 Å². The predicted octanol–water partition coefficient (Wildman–Crippen LogP) is 4.26. The largest absolute Gasteiger partial charge is 0.509 e. The minimum Gasteiger partial charge on any atom is -0.509 e. The van der Waals surface area contributed by atoms with E-state index in [1.807, 2.05) is 35.4 Å². The van der Waals surface area contributed by atoms with Crippen LogP contribution < -0.4 is 9.47 Å². The molecule has 1 saturated heterocycles. The first-order chi connectivity index (χ1) is 14.9. The van der Waals surface area contributed by atoms with Crippen molar-refractivity contribution in [2.24, 2.45) is 0 Å². The zero-order valence-electron chi connectivity index (χ0n) is 18.5. The molecule has 2 N–H and O–H groups in total. The molecular weight excluding hydrogens is 412 g/mol. The Balaban J connectivity index is 1.56. The van der Waals surface area contributed by atoms with E-state index in [9.17, 15) is 5.11 Å². The maximum absolute atomic E-state index is 10.9. The second kappa shape index (κ2) is 8.88. The van der Waals surface area contributed by atoms with Gasteiger partial charge in [0.1, 0.15) is 28.1 Å². The molecule has 0 saturated carbocycles. The summed E-state index contributed by atoms with van der Waals surface area (Å²) in [7, 11) is 5.42. The van der Waals surface area contributed by atoms with Gasteiger partial charge in [0, 0.05) is 23.5 Å². The summed E-state index contributed by atoms with van der Waals surface area (Å²) >= 11 is 1.43. The highest BCUT2D eigenvalue weighted by Gasteiger charge is 2.36. The Labute approximate surface area is 187 Å². The van der Waals surface area contributed by atoms with Gasteiger partial charge in [-0.15, -0.1) is 11.3 Å². The minimum absolute atomic E-state index is 0.215. The second-order valence-electron chi connectivity index (χ2n) is 8.15. The third kappa shape index (κ3) is 4.02. The number of thiazole rings is 1. The number of hydrogen-bond donors (Lipinski definition) is 2. The number of hydrogen-bond acceptors (Lipinski definition) is 7. The molecule has 0 spiro atoms. The van der Waals surface area contributed by atoms with E-state index in [1.165, 1.54) is 24.2 Å². The fraction of sp³-hybridized carbons (Fsp3) is 0.478. The molecule has 1 fully saturated rings. The molecule has 3 heterocycles. The molecule has 0 aliphatic carbocycles. The van der Waals surface area contributed by atoms with Crippen molar-refractivity contribution in [3.63, 3.8) is 0 Å². The molecule has 166 valence electrons. The highest BCUT2D eigenvalue weighted by atomic mass is 32.1. The average Bonchev–Trinajstić information content (AvgIpc) is 3.46. The fourth-order valence-corrected chi connectivity index (χ4v) is 5.36. The molecule has 0 radical (unpaired) electrons. The molecule has 7 nitrogen and oxygen atoms in total. The lowest BCUT2D eigenvalue weighted by atomic mass is 10.1. The van der Waals surface area contributed by atoms with Crippen molar-refractivity contribution in [2.75, 3.05) is 34.4 Å². The van der Waals surface area contributed by atoms with Gasteiger partial charge in [-0.25, -0.2) is 4.98 Å². The van der Waals surface area contributed by atoms with Crippen LogP contribution in [0, 0.1) is 5.41 Å². The maximum atomic E-state index is 10.9. The lowest BCUT2D eigenvalue weighted by Gasteiger charge is -2.27. The zero-order valence-corrected chi connectivity index (χ0v) is 19.3. The van der Waals surface area contributed by atoms with E-state index in [4.69, 9.17) is 19.9 Å². The summed E-state index contributed by atoms with van der Waals surface area (Å²) in [6, 6.07) is 5.92. The Morgan fingerprint density at radius 1 is 1.29 bits per heavy atom.